The normalized spacial score (nSPS) is 29.4. The number of benzene rings is 8. The van der Waals surface area contributed by atoms with E-state index in [1.165, 1.54) is 118 Å². The summed E-state index contributed by atoms with van der Waals surface area (Å²) in [6.45, 7) is 0. The summed E-state index contributed by atoms with van der Waals surface area (Å²) < 4.78 is 6.05. The Balaban J connectivity index is 0.000000127. The van der Waals surface area contributed by atoms with Crippen LogP contribution in [0.15, 0.2) is 253 Å². The zero-order valence-electron chi connectivity index (χ0n) is 51.6. The van der Waals surface area contributed by atoms with E-state index >= 15 is 5.11 Å². The summed E-state index contributed by atoms with van der Waals surface area (Å²) in [4.78, 5) is 0. The van der Waals surface area contributed by atoms with Gasteiger partial charge in [0.05, 0.1) is 26.8 Å². The average molecular weight is 1350 g/mol. The molecule has 457 valence electrons. The van der Waals surface area contributed by atoms with Gasteiger partial charge in [-0.05, 0) is 222 Å². The van der Waals surface area contributed by atoms with Crippen molar-refractivity contribution >= 4 is 60.6 Å². The maximum atomic E-state index is 15.6. The maximum Gasteiger partial charge on any atom is 0.0826 e. The molecule has 9 heteroatoms. The molecule has 0 saturated heterocycles. The van der Waals surface area contributed by atoms with Crippen molar-refractivity contribution < 1.29 is 51.4 Å². The van der Waals surface area contributed by atoms with Crippen LogP contribution < -0.4 is 36.9 Å². The number of rotatable bonds is 14. The van der Waals surface area contributed by atoms with Gasteiger partial charge in [0.25, 0.3) is 0 Å². The molecule has 12 fully saturated rings. The first kappa shape index (κ1) is 63.6. The molecule has 89 heavy (non-hydrogen) atoms. The molecule has 8 aromatic rings. The molecule has 20 rings (SSSR count). The smallest absolute Gasteiger partial charge is 0.0826 e. The van der Waals surface area contributed by atoms with E-state index in [1.807, 2.05) is 36.4 Å². The van der Waals surface area contributed by atoms with Crippen molar-refractivity contribution in [2.45, 2.75) is 132 Å². The van der Waals surface area contributed by atoms with Gasteiger partial charge < -0.3 is 15.3 Å². The van der Waals surface area contributed by atoms with Crippen LogP contribution in [-0.2, 0) is 46.3 Å². The minimum Gasteiger partial charge on any atom is -0.870 e. The first-order chi connectivity index (χ1) is 42.7. The van der Waals surface area contributed by atoms with Gasteiger partial charge in [0.1, 0.15) is 0 Å². The summed E-state index contributed by atoms with van der Waals surface area (Å²) >= 11 is 0. The summed E-state index contributed by atoms with van der Waals surface area (Å²) in [5, 5.41) is 35.0. The van der Waals surface area contributed by atoms with Crippen LogP contribution in [0.1, 0.15) is 127 Å². The Morgan fingerprint density at radius 3 is 0.820 bits per heavy atom. The molecule has 0 heterocycles. The summed E-state index contributed by atoms with van der Waals surface area (Å²) in [6, 6.07) is 85.9. The second kappa shape index (κ2) is 27.8. The molecule has 0 aromatic heterocycles. The molecule has 1 radical (unpaired) electrons. The van der Waals surface area contributed by atoms with Crippen LogP contribution in [0.4, 0.5) is 0 Å². The molecule has 0 amide bonds. The fourth-order valence-corrected chi connectivity index (χ4v) is 28.4. The Bertz CT molecular complexity index is 3280. The fourth-order valence-electron chi connectivity index (χ4n) is 20.0. The second-order valence-electron chi connectivity index (χ2n) is 28.6. The van der Waals surface area contributed by atoms with E-state index in [1.54, 1.807) is 0 Å². The van der Waals surface area contributed by atoms with E-state index in [0.29, 0.717) is 11.1 Å². The average Bonchev–Trinajstić information content (AvgIpc) is 0.799. The number of hydrogen-bond donors (Lipinski definition) is 0. The molecule has 0 unspecified atom stereocenters. The fraction of sp³-hybridized carbons (Fsp3) is 0.375. The van der Waals surface area contributed by atoms with Crippen LogP contribution in [0.25, 0.3) is 15.7 Å². The van der Waals surface area contributed by atoms with Crippen molar-refractivity contribution in [3.63, 3.8) is 0 Å². The van der Waals surface area contributed by atoms with Crippen molar-refractivity contribution in [2.75, 3.05) is 0 Å². The summed E-state index contributed by atoms with van der Waals surface area (Å²) in [7, 11) is -4.95. The van der Waals surface area contributed by atoms with Gasteiger partial charge >= 0.3 is 0 Å². The van der Waals surface area contributed by atoms with Gasteiger partial charge in [0, 0.05) is 53.3 Å². The molecule has 0 spiro atoms. The van der Waals surface area contributed by atoms with E-state index in [-0.39, 0.29) is 57.3 Å². The standard InChI is InChI=1S/C36H36NOP.2C22H26NP.Pd.Sc/c38-35(34(30-13-5-1-6-14-30)31-15-7-2-8-16-31)39(32-17-9-3-10-18-32,33-19-11-4-12-20-33)37-36-24-27-21-28(25-36)23-29(22-27)26-36;2*1-3-7-20(8-4-1)24(21-9-5-2-6-10-21)23-22-14-17-11-18(15-22)13-19(12-17)16-22;;/h1-20,27-29,38H,21-26H2;2*1-10,17-19,24H,11-16H2;;/p-1. The monoisotopic (exact) mass is 1350 g/mol. The van der Waals surface area contributed by atoms with Crippen LogP contribution >= 0.6 is 23.2 Å². The minimum absolute atomic E-state index is 0. The van der Waals surface area contributed by atoms with E-state index in [0.717, 1.165) is 99.8 Å². The molecule has 0 aliphatic heterocycles. The Kier molecular flexibility index (Phi) is 19.9. The largest absolute Gasteiger partial charge is 0.870 e. The summed E-state index contributed by atoms with van der Waals surface area (Å²) in [5.41, 5.74) is 3.38. The SMILES string of the molecule is [O-]C(=C(c1ccccc1)c1ccccc1)P(=NC12CC3CC(CC(C3)C1)C2)(c1ccccc1)c1ccccc1.[Pd].[Sc].c1ccc([PH+]([N-]C23CC4CC(CC(C4)C2)C3)c2ccccc2)cc1.c1ccc([PH+]([N-]C23CC4CC(CC(C4)C2)C3)c2ccccc2)cc1. The molecule has 12 aliphatic rings. The van der Waals surface area contributed by atoms with Gasteiger partial charge in [-0.15, -0.1) is 0 Å². The Hall–Kier alpha value is -4.16. The van der Waals surface area contributed by atoms with Gasteiger partial charge in [-0.1, -0.05) is 249 Å². The van der Waals surface area contributed by atoms with Crippen molar-refractivity contribution in [1.29, 1.82) is 0 Å². The second-order valence-corrected chi connectivity index (χ2v) is 35.7. The van der Waals surface area contributed by atoms with E-state index in [2.05, 4.69) is 206 Å². The van der Waals surface area contributed by atoms with E-state index in [9.17, 15) is 0 Å². The maximum absolute atomic E-state index is 15.6. The molecule has 12 aliphatic carbocycles. The van der Waals surface area contributed by atoms with Crippen LogP contribution in [-0.4, -0.2) is 16.6 Å². The van der Waals surface area contributed by atoms with Gasteiger partial charge in [0.2, 0.25) is 0 Å². The van der Waals surface area contributed by atoms with Gasteiger partial charge in [-0.3, -0.25) is 4.74 Å². The molecule has 12 bridgehead atoms. The predicted molar refractivity (Wildman–Crippen MR) is 371 cm³/mol. The third-order valence-corrected chi connectivity index (χ3v) is 30.7. The summed E-state index contributed by atoms with van der Waals surface area (Å²) in [6.07, 6.45) is 24.7. The van der Waals surface area contributed by atoms with E-state index in [4.69, 9.17) is 14.9 Å². The molecule has 12 saturated carbocycles. The Morgan fingerprint density at radius 2 is 0.562 bits per heavy atom. The zero-order chi connectivity index (χ0) is 58.3. The van der Waals surface area contributed by atoms with Gasteiger partial charge in [-0.25, -0.2) is 0 Å². The summed E-state index contributed by atoms with van der Waals surface area (Å²) in [5.74, 6) is 8.08. The topological polar surface area (TPSA) is 63.6 Å². The van der Waals surface area contributed by atoms with Crippen molar-refractivity contribution in [3.8, 4) is 0 Å². The van der Waals surface area contributed by atoms with Crippen molar-refractivity contribution in [2.24, 2.45) is 58.0 Å². The zero-order valence-corrected chi connectivity index (χ0v) is 57.9. The van der Waals surface area contributed by atoms with Gasteiger partial charge in [-0.2, -0.15) is 0 Å². The number of nitrogens with zero attached hydrogens (tertiary/aromatic N) is 3. The molecular formula is C80H87N3OP3PdSc-. The van der Waals surface area contributed by atoms with Crippen LogP contribution in [0, 0.1) is 53.3 Å². The molecule has 0 N–H and O–H groups in total. The van der Waals surface area contributed by atoms with Crippen LogP contribution in [0.2, 0.25) is 0 Å². The quantitative estimate of drug-likeness (QED) is 0.0608. The van der Waals surface area contributed by atoms with E-state index < -0.39 is 23.2 Å². The number of hydrogen-bond acceptors (Lipinski definition) is 2. The third-order valence-electron chi connectivity index (χ3n) is 22.2. The minimum atomic E-state index is -2.88. The predicted octanol–water partition coefficient (Wildman–Crippen LogP) is 17.8. The van der Waals surface area contributed by atoms with Crippen LogP contribution in [0.3, 0.4) is 0 Å². The molecule has 4 nitrogen and oxygen atoms in total. The molecule has 0 atom stereocenters. The first-order valence-corrected chi connectivity index (χ1v) is 38.1. The Morgan fingerprint density at radius 1 is 0.337 bits per heavy atom. The molecular weight excluding hydrogens is 1260 g/mol. The van der Waals surface area contributed by atoms with Crippen molar-refractivity contribution in [3.05, 3.63) is 269 Å². The van der Waals surface area contributed by atoms with Crippen molar-refractivity contribution in [1.82, 2.24) is 0 Å². The first-order valence-electron chi connectivity index (χ1n) is 33.4. The molecule has 8 aromatic carbocycles. The van der Waals surface area contributed by atoms with Gasteiger partial charge in [0.15, 0.2) is 0 Å². The van der Waals surface area contributed by atoms with Crippen LogP contribution in [0.5, 0.6) is 0 Å². The third kappa shape index (κ3) is 13.6. The Labute approximate surface area is 566 Å².